The molecule has 0 bridgehead atoms. The Morgan fingerprint density at radius 3 is 2.00 bits per heavy atom. The van der Waals surface area contributed by atoms with Crippen molar-refractivity contribution >= 4 is 11.8 Å². The number of carbonyl (C=O) groups excluding carboxylic acids is 2. The summed E-state index contributed by atoms with van der Waals surface area (Å²) in [5.41, 5.74) is 7.79. The van der Waals surface area contributed by atoms with Crippen LogP contribution in [0.3, 0.4) is 0 Å². The molecule has 1 unspecified atom stereocenters. The van der Waals surface area contributed by atoms with Crippen molar-refractivity contribution in [1.29, 1.82) is 0 Å². The number of nitrogens with zero attached hydrogens (tertiary/aromatic N) is 1. The first-order valence-corrected chi connectivity index (χ1v) is 8.43. The number of rotatable bonds is 7. The highest BCUT2D eigenvalue weighted by Gasteiger charge is 2.36. The molecule has 0 spiro atoms. The third-order valence-corrected chi connectivity index (χ3v) is 4.72. The lowest BCUT2D eigenvalue weighted by Gasteiger charge is -2.30. The Kier molecular flexibility index (Phi) is 4.97. The van der Waals surface area contributed by atoms with Crippen molar-refractivity contribution in [3.8, 4) is 0 Å². The van der Waals surface area contributed by atoms with E-state index in [9.17, 15) is 14.7 Å². The van der Waals surface area contributed by atoms with E-state index in [1.54, 1.807) is 24.3 Å². The average Bonchev–Trinajstić information content (AvgIpc) is 2.86. The topological polar surface area (TPSA) is 83.6 Å². The maximum Gasteiger partial charge on any atom is 0.261 e. The van der Waals surface area contributed by atoms with Gasteiger partial charge in [0.15, 0.2) is 0 Å². The first-order valence-electron chi connectivity index (χ1n) is 8.43. The van der Waals surface area contributed by atoms with Crippen LogP contribution in [-0.4, -0.2) is 40.5 Å². The van der Waals surface area contributed by atoms with E-state index in [1.165, 1.54) is 4.90 Å². The Hall–Kier alpha value is -2.50. The highest BCUT2D eigenvalue weighted by Crippen LogP contribution is 2.25. The van der Waals surface area contributed by atoms with Gasteiger partial charge in [0.1, 0.15) is 0 Å². The molecule has 1 aliphatic heterocycles. The average molecular weight is 338 g/mol. The number of hydrogen-bond donors (Lipinski definition) is 2. The van der Waals surface area contributed by atoms with Crippen LogP contribution >= 0.6 is 0 Å². The van der Waals surface area contributed by atoms with Crippen LogP contribution in [0.1, 0.15) is 39.1 Å². The molecule has 1 aliphatic rings. The van der Waals surface area contributed by atoms with Crippen LogP contribution in [0.15, 0.2) is 54.6 Å². The van der Waals surface area contributed by atoms with Crippen molar-refractivity contribution in [2.45, 2.75) is 24.8 Å². The summed E-state index contributed by atoms with van der Waals surface area (Å²) in [5, 5.41) is 9.39. The summed E-state index contributed by atoms with van der Waals surface area (Å²) in [5.74, 6) is -0.543. The Morgan fingerprint density at radius 1 is 0.880 bits per heavy atom. The molecule has 130 valence electrons. The molecule has 3 N–H and O–H groups in total. The first kappa shape index (κ1) is 17.3. The van der Waals surface area contributed by atoms with Crippen LogP contribution in [0.25, 0.3) is 0 Å². The second-order valence-electron chi connectivity index (χ2n) is 6.56. The van der Waals surface area contributed by atoms with E-state index >= 15 is 0 Å². The van der Waals surface area contributed by atoms with Gasteiger partial charge in [-0.15, -0.1) is 0 Å². The minimum absolute atomic E-state index is 0.0363. The highest BCUT2D eigenvalue weighted by molar-refractivity contribution is 6.21. The van der Waals surface area contributed by atoms with E-state index < -0.39 is 5.54 Å². The Balaban J connectivity index is 1.72. The monoisotopic (exact) mass is 338 g/mol. The largest absolute Gasteiger partial charge is 0.396 e. The maximum atomic E-state index is 12.5. The summed E-state index contributed by atoms with van der Waals surface area (Å²) < 4.78 is 0. The van der Waals surface area contributed by atoms with Gasteiger partial charge in [-0.05, 0) is 37.0 Å². The quantitative estimate of drug-likeness (QED) is 0.756. The number of imide groups is 1. The summed E-state index contributed by atoms with van der Waals surface area (Å²) in [6.07, 6.45) is 1.43. The van der Waals surface area contributed by atoms with Crippen LogP contribution in [0.2, 0.25) is 0 Å². The van der Waals surface area contributed by atoms with Crippen molar-refractivity contribution in [3.63, 3.8) is 0 Å². The third kappa shape index (κ3) is 3.62. The zero-order chi connectivity index (χ0) is 17.9. The molecule has 0 aromatic heterocycles. The molecule has 0 saturated heterocycles. The van der Waals surface area contributed by atoms with Gasteiger partial charge in [-0.25, -0.2) is 0 Å². The van der Waals surface area contributed by atoms with Gasteiger partial charge in [0.2, 0.25) is 0 Å². The minimum Gasteiger partial charge on any atom is -0.396 e. The molecule has 2 aromatic carbocycles. The van der Waals surface area contributed by atoms with Gasteiger partial charge in [0.25, 0.3) is 11.8 Å². The third-order valence-electron chi connectivity index (χ3n) is 4.72. The van der Waals surface area contributed by atoms with Gasteiger partial charge in [0, 0.05) is 18.7 Å². The summed E-state index contributed by atoms with van der Waals surface area (Å²) >= 11 is 0. The number of fused-ring (bicyclic) bond motifs is 1. The molecule has 25 heavy (non-hydrogen) atoms. The molecule has 0 radical (unpaired) electrons. The summed E-state index contributed by atoms with van der Waals surface area (Å²) in [4.78, 5) is 26.2. The summed E-state index contributed by atoms with van der Waals surface area (Å²) in [6, 6.07) is 16.6. The van der Waals surface area contributed by atoms with E-state index in [0.717, 1.165) is 5.56 Å². The maximum absolute atomic E-state index is 12.5. The van der Waals surface area contributed by atoms with E-state index in [1.807, 2.05) is 30.3 Å². The van der Waals surface area contributed by atoms with Gasteiger partial charge in [-0.2, -0.15) is 0 Å². The molecule has 3 rings (SSSR count). The number of aliphatic hydroxyl groups excluding tert-OH is 1. The lowest BCUT2D eigenvalue weighted by molar-refractivity contribution is 0.0639. The van der Waals surface area contributed by atoms with Crippen LogP contribution in [0, 0.1) is 0 Å². The Labute approximate surface area is 147 Å². The van der Waals surface area contributed by atoms with Crippen LogP contribution in [-0.2, 0) is 6.42 Å². The van der Waals surface area contributed by atoms with Crippen LogP contribution in [0.5, 0.6) is 0 Å². The zero-order valence-corrected chi connectivity index (χ0v) is 14.0. The number of hydrogen-bond acceptors (Lipinski definition) is 4. The van der Waals surface area contributed by atoms with Gasteiger partial charge in [-0.3, -0.25) is 14.5 Å². The predicted molar refractivity (Wildman–Crippen MR) is 95.2 cm³/mol. The van der Waals surface area contributed by atoms with E-state index in [-0.39, 0.29) is 25.0 Å². The van der Waals surface area contributed by atoms with E-state index in [2.05, 4.69) is 0 Å². The van der Waals surface area contributed by atoms with Gasteiger partial charge >= 0.3 is 0 Å². The highest BCUT2D eigenvalue weighted by atomic mass is 16.3. The van der Waals surface area contributed by atoms with Crippen molar-refractivity contribution in [2.24, 2.45) is 5.73 Å². The molecule has 2 amide bonds. The number of amides is 2. The molecule has 5 nitrogen and oxygen atoms in total. The van der Waals surface area contributed by atoms with E-state index in [4.69, 9.17) is 5.73 Å². The number of benzene rings is 2. The first-order chi connectivity index (χ1) is 12.0. The van der Waals surface area contributed by atoms with Crippen molar-refractivity contribution in [2.75, 3.05) is 13.2 Å². The normalized spacial score (nSPS) is 16.0. The van der Waals surface area contributed by atoms with Crippen molar-refractivity contribution in [3.05, 3.63) is 71.3 Å². The van der Waals surface area contributed by atoms with Crippen LogP contribution in [0.4, 0.5) is 0 Å². The second-order valence-corrected chi connectivity index (χ2v) is 6.56. The number of aliphatic hydroxyl groups is 1. The zero-order valence-electron chi connectivity index (χ0n) is 14.0. The molecule has 1 heterocycles. The molecule has 0 fully saturated rings. The van der Waals surface area contributed by atoms with Gasteiger partial charge in [-0.1, -0.05) is 42.5 Å². The fourth-order valence-electron chi connectivity index (χ4n) is 3.30. The van der Waals surface area contributed by atoms with Gasteiger partial charge < -0.3 is 10.8 Å². The number of nitrogens with two attached hydrogens (primary N) is 1. The molecular weight excluding hydrogens is 316 g/mol. The Morgan fingerprint density at radius 2 is 1.44 bits per heavy atom. The standard InChI is InChI=1S/C20H22N2O3/c21-20(11-13-23,14-15-6-2-1-3-7-15)10-12-22-18(24)16-8-4-5-9-17(16)19(22)25/h1-9,23H,10-14,21H2. The van der Waals surface area contributed by atoms with E-state index in [0.29, 0.717) is 30.4 Å². The fraction of sp³-hybridized carbons (Fsp3) is 0.300. The molecule has 0 aliphatic carbocycles. The van der Waals surface area contributed by atoms with Crippen molar-refractivity contribution in [1.82, 2.24) is 4.90 Å². The summed E-state index contributed by atoms with van der Waals surface area (Å²) in [6.45, 7) is 0.209. The summed E-state index contributed by atoms with van der Waals surface area (Å²) in [7, 11) is 0. The molecular formula is C20H22N2O3. The molecule has 5 heteroatoms. The lowest BCUT2D eigenvalue weighted by atomic mass is 9.85. The Bertz CT molecular complexity index is 741. The van der Waals surface area contributed by atoms with Crippen LogP contribution < -0.4 is 5.73 Å². The minimum atomic E-state index is -0.675. The molecule has 0 saturated carbocycles. The fourth-order valence-corrected chi connectivity index (χ4v) is 3.30. The lowest BCUT2D eigenvalue weighted by Crippen LogP contribution is -2.46. The smallest absolute Gasteiger partial charge is 0.261 e. The predicted octanol–water partition coefficient (Wildman–Crippen LogP) is 2.00. The molecule has 2 aromatic rings. The van der Waals surface area contributed by atoms with Crippen molar-refractivity contribution < 1.29 is 14.7 Å². The molecule has 1 atom stereocenters. The van der Waals surface area contributed by atoms with Gasteiger partial charge in [0.05, 0.1) is 11.1 Å². The number of carbonyl (C=O) groups is 2. The SMILES string of the molecule is NC(CCO)(CCN1C(=O)c2ccccc2C1=O)Cc1ccccc1. The second kappa shape index (κ2) is 7.17.